The standard InChI is InChI=1S/C15H20N2S/c1-2-3-4-12-5-7-13(8-6-12)14-11-17-15(18-14)9-10-16/h5-8,11H,2-4,9-10,16H2,1H3. The van der Waals surface area contributed by atoms with Crippen LogP contribution in [0.4, 0.5) is 0 Å². The van der Waals surface area contributed by atoms with Crippen LogP contribution in [0, 0.1) is 0 Å². The van der Waals surface area contributed by atoms with Gasteiger partial charge in [-0.2, -0.15) is 0 Å². The maximum atomic E-state index is 5.54. The summed E-state index contributed by atoms with van der Waals surface area (Å²) in [5.74, 6) is 0. The molecule has 18 heavy (non-hydrogen) atoms. The summed E-state index contributed by atoms with van der Waals surface area (Å²) >= 11 is 1.74. The SMILES string of the molecule is CCCCc1ccc(-c2cnc(CCN)s2)cc1. The Balaban J connectivity index is 2.07. The van der Waals surface area contributed by atoms with E-state index >= 15 is 0 Å². The molecule has 2 aromatic rings. The molecule has 0 aliphatic carbocycles. The monoisotopic (exact) mass is 260 g/mol. The molecule has 0 aliphatic heterocycles. The van der Waals surface area contributed by atoms with Gasteiger partial charge in [0, 0.05) is 12.6 Å². The fraction of sp³-hybridized carbons (Fsp3) is 0.400. The molecule has 0 spiro atoms. The molecule has 96 valence electrons. The van der Waals surface area contributed by atoms with E-state index in [1.807, 2.05) is 6.20 Å². The molecule has 1 aromatic carbocycles. The number of nitrogens with zero attached hydrogens (tertiary/aromatic N) is 1. The first-order chi connectivity index (χ1) is 8.83. The zero-order chi connectivity index (χ0) is 12.8. The molecule has 0 unspecified atom stereocenters. The number of unbranched alkanes of at least 4 members (excludes halogenated alkanes) is 1. The first-order valence-corrected chi connectivity index (χ1v) is 7.39. The highest BCUT2D eigenvalue weighted by molar-refractivity contribution is 7.15. The molecule has 1 heterocycles. The van der Waals surface area contributed by atoms with Crippen molar-refractivity contribution in [1.29, 1.82) is 0 Å². The Kier molecular flexibility index (Phi) is 4.90. The number of rotatable bonds is 6. The van der Waals surface area contributed by atoms with Crippen molar-refractivity contribution >= 4 is 11.3 Å². The first kappa shape index (κ1) is 13.2. The van der Waals surface area contributed by atoms with Crippen LogP contribution >= 0.6 is 11.3 Å². The third-order valence-electron chi connectivity index (χ3n) is 2.97. The van der Waals surface area contributed by atoms with Crippen LogP contribution in [0.3, 0.4) is 0 Å². The van der Waals surface area contributed by atoms with Crippen molar-refractivity contribution < 1.29 is 0 Å². The van der Waals surface area contributed by atoms with Crippen molar-refractivity contribution in [1.82, 2.24) is 4.98 Å². The number of thiazole rings is 1. The third-order valence-corrected chi connectivity index (χ3v) is 4.08. The maximum Gasteiger partial charge on any atom is 0.0943 e. The molecule has 0 amide bonds. The van der Waals surface area contributed by atoms with Crippen molar-refractivity contribution in [2.75, 3.05) is 6.54 Å². The van der Waals surface area contributed by atoms with E-state index in [4.69, 9.17) is 5.73 Å². The molecule has 0 aliphatic rings. The summed E-state index contributed by atoms with van der Waals surface area (Å²) in [7, 11) is 0. The second-order valence-corrected chi connectivity index (χ2v) is 5.57. The van der Waals surface area contributed by atoms with Gasteiger partial charge >= 0.3 is 0 Å². The minimum Gasteiger partial charge on any atom is -0.330 e. The molecule has 0 atom stereocenters. The van der Waals surface area contributed by atoms with E-state index in [-0.39, 0.29) is 0 Å². The molecule has 2 N–H and O–H groups in total. The van der Waals surface area contributed by atoms with Crippen LogP contribution in [0.25, 0.3) is 10.4 Å². The van der Waals surface area contributed by atoms with Crippen molar-refractivity contribution in [3.05, 3.63) is 41.0 Å². The molecule has 2 nitrogen and oxygen atoms in total. The fourth-order valence-corrected chi connectivity index (χ4v) is 2.84. The lowest BCUT2D eigenvalue weighted by atomic mass is 10.1. The molecular formula is C15H20N2S. The summed E-state index contributed by atoms with van der Waals surface area (Å²) in [5, 5.41) is 1.13. The topological polar surface area (TPSA) is 38.9 Å². The molecule has 0 fully saturated rings. The Bertz CT molecular complexity index is 473. The summed E-state index contributed by atoms with van der Waals surface area (Å²) < 4.78 is 0. The zero-order valence-corrected chi connectivity index (χ0v) is 11.7. The lowest BCUT2D eigenvalue weighted by molar-refractivity contribution is 0.795. The number of hydrogen-bond donors (Lipinski definition) is 1. The van der Waals surface area contributed by atoms with Crippen LogP contribution in [0.15, 0.2) is 30.5 Å². The average Bonchev–Trinajstić information content (AvgIpc) is 2.86. The van der Waals surface area contributed by atoms with Gasteiger partial charge in [-0.25, -0.2) is 4.98 Å². The predicted molar refractivity (Wildman–Crippen MR) is 78.9 cm³/mol. The Hall–Kier alpha value is -1.19. The maximum absolute atomic E-state index is 5.54. The number of benzene rings is 1. The normalized spacial score (nSPS) is 10.8. The van der Waals surface area contributed by atoms with Gasteiger partial charge in [0.15, 0.2) is 0 Å². The molecule has 2 rings (SSSR count). The van der Waals surface area contributed by atoms with Crippen LogP contribution in [0.2, 0.25) is 0 Å². The lowest BCUT2D eigenvalue weighted by Crippen LogP contribution is -2.01. The minimum atomic E-state index is 0.670. The number of aryl methyl sites for hydroxylation is 1. The van der Waals surface area contributed by atoms with E-state index in [1.165, 1.54) is 35.3 Å². The Labute approximate surface area is 113 Å². The van der Waals surface area contributed by atoms with Crippen LogP contribution in [-0.2, 0) is 12.8 Å². The Morgan fingerprint density at radius 2 is 1.94 bits per heavy atom. The van der Waals surface area contributed by atoms with E-state index in [0.717, 1.165) is 11.4 Å². The molecule has 1 aromatic heterocycles. The molecular weight excluding hydrogens is 240 g/mol. The molecule has 0 bridgehead atoms. The van der Waals surface area contributed by atoms with E-state index in [9.17, 15) is 0 Å². The number of hydrogen-bond acceptors (Lipinski definition) is 3. The van der Waals surface area contributed by atoms with Crippen LogP contribution in [-0.4, -0.2) is 11.5 Å². The van der Waals surface area contributed by atoms with Crippen LogP contribution in [0.1, 0.15) is 30.3 Å². The lowest BCUT2D eigenvalue weighted by Gasteiger charge is -2.01. The van der Waals surface area contributed by atoms with Gasteiger partial charge in [0.2, 0.25) is 0 Å². The van der Waals surface area contributed by atoms with E-state index < -0.39 is 0 Å². The second-order valence-electron chi connectivity index (χ2n) is 4.46. The summed E-state index contributed by atoms with van der Waals surface area (Å²) in [6.45, 7) is 2.90. The number of nitrogens with two attached hydrogens (primary N) is 1. The molecule has 0 saturated carbocycles. The van der Waals surface area contributed by atoms with Gasteiger partial charge in [0.05, 0.1) is 9.88 Å². The first-order valence-electron chi connectivity index (χ1n) is 6.57. The van der Waals surface area contributed by atoms with Gasteiger partial charge in [-0.1, -0.05) is 37.6 Å². The van der Waals surface area contributed by atoms with Gasteiger partial charge in [-0.15, -0.1) is 11.3 Å². The predicted octanol–water partition coefficient (Wildman–Crippen LogP) is 3.65. The largest absolute Gasteiger partial charge is 0.330 e. The van der Waals surface area contributed by atoms with Crippen LogP contribution < -0.4 is 5.73 Å². The van der Waals surface area contributed by atoms with Crippen LogP contribution in [0.5, 0.6) is 0 Å². The Morgan fingerprint density at radius 1 is 1.17 bits per heavy atom. The van der Waals surface area contributed by atoms with Gasteiger partial charge < -0.3 is 5.73 Å². The summed E-state index contributed by atoms with van der Waals surface area (Å²) in [6.07, 6.45) is 6.52. The van der Waals surface area contributed by atoms with Crippen molar-refractivity contribution in [2.24, 2.45) is 5.73 Å². The second kappa shape index (κ2) is 6.66. The summed E-state index contributed by atoms with van der Waals surface area (Å²) in [6, 6.07) is 8.86. The highest BCUT2D eigenvalue weighted by Crippen LogP contribution is 2.26. The van der Waals surface area contributed by atoms with Crippen molar-refractivity contribution in [2.45, 2.75) is 32.6 Å². The molecule has 0 saturated heterocycles. The minimum absolute atomic E-state index is 0.670. The Morgan fingerprint density at radius 3 is 2.61 bits per heavy atom. The van der Waals surface area contributed by atoms with Crippen molar-refractivity contribution in [3.63, 3.8) is 0 Å². The van der Waals surface area contributed by atoms with E-state index in [0.29, 0.717) is 6.54 Å². The summed E-state index contributed by atoms with van der Waals surface area (Å²) in [5.41, 5.74) is 8.23. The zero-order valence-electron chi connectivity index (χ0n) is 10.9. The van der Waals surface area contributed by atoms with Crippen molar-refractivity contribution in [3.8, 4) is 10.4 Å². The van der Waals surface area contributed by atoms with E-state index in [2.05, 4.69) is 36.2 Å². The third kappa shape index (κ3) is 3.40. The highest BCUT2D eigenvalue weighted by Gasteiger charge is 2.04. The quantitative estimate of drug-likeness (QED) is 0.861. The van der Waals surface area contributed by atoms with E-state index in [1.54, 1.807) is 11.3 Å². The number of aromatic nitrogens is 1. The van der Waals surface area contributed by atoms with Gasteiger partial charge in [-0.3, -0.25) is 0 Å². The smallest absolute Gasteiger partial charge is 0.0943 e. The fourth-order valence-electron chi connectivity index (χ4n) is 1.90. The molecule has 0 radical (unpaired) electrons. The van der Waals surface area contributed by atoms with Gasteiger partial charge in [0.1, 0.15) is 0 Å². The highest BCUT2D eigenvalue weighted by atomic mass is 32.1. The summed E-state index contributed by atoms with van der Waals surface area (Å²) in [4.78, 5) is 5.63. The van der Waals surface area contributed by atoms with Gasteiger partial charge in [-0.05, 0) is 30.5 Å². The average molecular weight is 260 g/mol. The van der Waals surface area contributed by atoms with Gasteiger partial charge in [0.25, 0.3) is 0 Å². The molecule has 3 heteroatoms.